The third-order valence-electron chi connectivity index (χ3n) is 6.76. The van der Waals surface area contributed by atoms with Crippen LogP contribution in [0.15, 0.2) is 83.8 Å². The highest BCUT2D eigenvalue weighted by atomic mass is 35.5. The lowest BCUT2D eigenvalue weighted by Crippen LogP contribution is -2.46. The average Bonchev–Trinajstić information content (AvgIpc) is 2.90. The Bertz CT molecular complexity index is 1290. The number of benzene rings is 3. The largest absolute Gasteiger partial charge is 0.423 e. The van der Waals surface area contributed by atoms with Gasteiger partial charge < -0.3 is 15.2 Å². The van der Waals surface area contributed by atoms with Gasteiger partial charge in [-0.1, -0.05) is 42.5 Å². The van der Waals surface area contributed by atoms with Crippen molar-refractivity contribution in [2.75, 3.05) is 32.4 Å². The third kappa shape index (κ3) is 9.31. The highest BCUT2D eigenvalue weighted by Crippen LogP contribution is 2.23. The molecule has 0 unspecified atom stereocenters. The molecule has 0 amide bonds. The maximum absolute atomic E-state index is 12.9. The molecule has 39 heavy (non-hydrogen) atoms. The number of aliphatic hydroxyl groups is 1. The van der Waals surface area contributed by atoms with Gasteiger partial charge in [-0.3, -0.25) is 4.90 Å². The van der Waals surface area contributed by atoms with Crippen molar-refractivity contribution in [3.8, 4) is 5.75 Å². The van der Waals surface area contributed by atoms with Gasteiger partial charge in [-0.25, -0.2) is 13.2 Å². The van der Waals surface area contributed by atoms with Gasteiger partial charge in [-0.05, 0) is 79.9 Å². The van der Waals surface area contributed by atoms with Crippen LogP contribution in [0.1, 0.15) is 27.9 Å². The number of rotatable bonds is 10. The fourth-order valence-electron chi connectivity index (χ4n) is 4.66. The Morgan fingerprint density at radius 3 is 2.36 bits per heavy atom. The SMILES string of the molecule is CNCc1cccc(C(=O)Oc2ccc(S(=O)(=O)CCN3CC[C@H](Cc4ccccc4)[C@H](O)C3)cc2)c1.Cl.Cl. The Kier molecular flexibility index (Phi) is 12.9. The number of ether oxygens (including phenoxy) is 1. The van der Waals surface area contributed by atoms with E-state index in [9.17, 15) is 18.3 Å². The first-order valence-corrected chi connectivity index (χ1v) is 14.2. The number of carbonyl (C=O) groups is 1. The van der Waals surface area contributed by atoms with E-state index in [2.05, 4.69) is 17.4 Å². The topological polar surface area (TPSA) is 95.9 Å². The molecule has 4 rings (SSSR count). The van der Waals surface area contributed by atoms with Gasteiger partial charge in [-0.2, -0.15) is 0 Å². The maximum Gasteiger partial charge on any atom is 0.343 e. The molecule has 3 aromatic carbocycles. The quantitative estimate of drug-likeness (QED) is 0.269. The Hall–Kier alpha value is -2.46. The highest BCUT2D eigenvalue weighted by Gasteiger charge is 2.28. The summed E-state index contributed by atoms with van der Waals surface area (Å²) in [5.41, 5.74) is 2.60. The minimum atomic E-state index is -3.52. The van der Waals surface area contributed by atoms with Crippen LogP contribution in [0.4, 0.5) is 0 Å². The number of hydrogen-bond acceptors (Lipinski definition) is 7. The van der Waals surface area contributed by atoms with Crippen LogP contribution in [0.25, 0.3) is 0 Å². The Labute approximate surface area is 243 Å². The average molecular weight is 596 g/mol. The summed E-state index contributed by atoms with van der Waals surface area (Å²) in [4.78, 5) is 14.7. The molecular formula is C29H36Cl2N2O5S. The zero-order valence-corrected chi connectivity index (χ0v) is 24.3. The van der Waals surface area contributed by atoms with Gasteiger partial charge in [0.05, 0.1) is 22.3 Å². The molecule has 1 heterocycles. The summed E-state index contributed by atoms with van der Waals surface area (Å²) in [5, 5.41) is 13.7. The van der Waals surface area contributed by atoms with Crippen LogP contribution in [0.2, 0.25) is 0 Å². The van der Waals surface area contributed by atoms with Crippen molar-refractivity contribution in [2.24, 2.45) is 5.92 Å². The number of piperidine rings is 1. The Morgan fingerprint density at radius 2 is 1.69 bits per heavy atom. The van der Waals surface area contributed by atoms with Crippen molar-refractivity contribution in [1.82, 2.24) is 10.2 Å². The number of likely N-dealkylation sites (tertiary alicyclic amines) is 1. The maximum atomic E-state index is 12.9. The molecule has 0 aliphatic carbocycles. The number of nitrogens with one attached hydrogen (secondary N) is 1. The molecule has 1 saturated heterocycles. The zero-order valence-electron chi connectivity index (χ0n) is 21.9. The van der Waals surface area contributed by atoms with E-state index in [-0.39, 0.29) is 47.1 Å². The molecule has 3 aromatic rings. The minimum Gasteiger partial charge on any atom is -0.423 e. The number of sulfone groups is 1. The first-order valence-electron chi connectivity index (χ1n) is 12.6. The Balaban J connectivity index is 0.00000267. The Morgan fingerprint density at radius 1 is 1.00 bits per heavy atom. The summed E-state index contributed by atoms with van der Waals surface area (Å²) >= 11 is 0. The van der Waals surface area contributed by atoms with E-state index in [4.69, 9.17) is 4.74 Å². The number of esters is 1. The smallest absolute Gasteiger partial charge is 0.343 e. The number of aliphatic hydroxyl groups excluding tert-OH is 1. The van der Waals surface area contributed by atoms with Crippen molar-refractivity contribution in [3.63, 3.8) is 0 Å². The van der Waals surface area contributed by atoms with E-state index in [1.807, 2.05) is 36.2 Å². The van der Waals surface area contributed by atoms with Gasteiger partial charge >= 0.3 is 5.97 Å². The van der Waals surface area contributed by atoms with E-state index in [1.165, 1.54) is 29.8 Å². The number of carbonyl (C=O) groups excluding carboxylic acids is 1. The normalized spacial score (nSPS) is 17.5. The standard InChI is InChI=1S/C29H34N2O5S.2ClH/c1-30-20-23-8-5-9-25(19-23)29(33)36-26-10-12-27(13-11-26)37(34,35)17-16-31-15-14-24(28(32)21-31)18-22-6-3-2-4-7-22;;/h2-13,19,24,28,30,32H,14-18,20-21H2,1H3;2*1H/t24-,28-;;/m1../s1. The molecule has 1 aliphatic heterocycles. The second kappa shape index (κ2) is 15.4. The number of halogens is 2. The van der Waals surface area contributed by atoms with E-state index < -0.39 is 21.9 Å². The molecule has 7 nitrogen and oxygen atoms in total. The van der Waals surface area contributed by atoms with Crippen LogP contribution in [0, 0.1) is 5.92 Å². The molecule has 2 atom stereocenters. The number of nitrogens with zero attached hydrogens (tertiary/aromatic N) is 1. The number of hydrogen-bond donors (Lipinski definition) is 2. The van der Waals surface area contributed by atoms with E-state index in [0.29, 0.717) is 25.2 Å². The van der Waals surface area contributed by atoms with Gasteiger partial charge in [0.15, 0.2) is 9.84 Å². The summed E-state index contributed by atoms with van der Waals surface area (Å²) in [6, 6.07) is 23.2. The molecule has 2 N–H and O–H groups in total. The van der Waals surface area contributed by atoms with Crippen LogP contribution in [-0.4, -0.2) is 62.9 Å². The molecule has 0 radical (unpaired) electrons. The molecule has 0 spiro atoms. The molecule has 0 aromatic heterocycles. The van der Waals surface area contributed by atoms with Crippen molar-refractivity contribution in [3.05, 3.63) is 95.6 Å². The van der Waals surface area contributed by atoms with Gasteiger partial charge in [0.1, 0.15) is 5.75 Å². The van der Waals surface area contributed by atoms with Gasteiger partial charge in [0, 0.05) is 19.6 Å². The van der Waals surface area contributed by atoms with Crippen LogP contribution < -0.4 is 10.1 Å². The first-order chi connectivity index (χ1) is 17.8. The third-order valence-corrected chi connectivity index (χ3v) is 8.47. The van der Waals surface area contributed by atoms with Gasteiger partial charge in [-0.15, -0.1) is 24.8 Å². The number of β-amino-alcohol motifs (C(OH)–C–C–N with tert-alkyl or cyclic N) is 1. The second-order valence-electron chi connectivity index (χ2n) is 9.52. The monoisotopic (exact) mass is 594 g/mol. The minimum absolute atomic E-state index is 0. The molecule has 1 aliphatic rings. The van der Waals surface area contributed by atoms with Crippen molar-refractivity contribution in [1.29, 1.82) is 0 Å². The molecule has 212 valence electrons. The fraction of sp³-hybridized carbons (Fsp3) is 0.345. The van der Waals surface area contributed by atoms with E-state index in [0.717, 1.165) is 24.9 Å². The second-order valence-corrected chi connectivity index (χ2v) is 11.6. The van der Waals surface area contributed by atoms with Crippen LogP contribution >= 0.6 is 24.8 Å². The summed E-state index contributed by atoms with van der Waals surface area (Å²) in [5.74, 6) is -0.0776. The van der Waals surface area contributed by atoms with Gasteiger partial charge in [0.2, 0.25) is 0 Å². The molecule has 10 heteroatoms. The fourth-order valence-corrected chi connectivity index (χ4v) is 5.95. The predicted octanol–water partition coefficient (Wildman–Crippen LogP) is 4.17. The van der Waals surface area contributed by atoms with Crippen LogP contribution in [0.3, 0.4) is 0 Å². The molecule has 0 saturated carbocycles. The summed E-state index contributed by atoms with van der Waals surface area (Å²) < 4.78 is 31.3. The van der Waals surface area contributed by atoms with Gasteiger partial charge in [0.25, 0.3) is 0 Å². The van der Waals surface area contributed by atoms with E-state index >= 15 is 0 Å². The molecule has 0 bridgehead atoms. The van der Waals surface area contributed by atoms with E-state index in [1.54, 1.807) is 18.2 Å². The van der Waals surface area contributed by atoms with Crippen LogP contribution in [-0.2, 0) is 22.8 Å². The van der Waals surface area contributed by atoms with Crippen molar-refractivity contribution < 1.29 is 23.1 Å². The zero-order chi connectivity index (χ0) is 26.3. The summed E-state index contributed by atoms with van der Waals surface area (Å²) in [6.07, 6.45) is 1.17. The lowest BCUT2D eigenvalue weighted by atomic mass is 9.88. The first kappa shape index (κ1) is 32.8. The van der Waals surface area contributed by atoms with Crippen LogP contribution in [0.5, 0.6) is 5.75 Å². The molecular weight excluding hydrogens is 559 g/mol. The highest BCUT2D eigenvalue weighted by molar-refractivity contribution is 7.91. The van der Waals surface area contributed by atoms with Crippen molar-refractivity contribution in [2.45, 2.75) is 30.4 Å². The van der Waals surface area contributed by atoms with Crippen molar-refractivity contribution >= 4 is 40.6 Å². The molecule has 1 fully saturated rings. The summed E-state index contributed by atoms with van der Waals surface area (Å²) in [6.45, 7) is 2.22. The summed E-state index contributed by atoms with van der Waals surface area (Å²) in [7, 11) is -1.69. The lowest BCUT2D eigenvalue weighted by Gasteiger charge is -2.36. The lowest BCUT2D eigenvalue weighted by molar-refractivity contribution is 0.0245. The predicted molar refractivity (Wildman–Crippen MR) is 158 cm³/mol.